The van der Waals surface area contributed by atoms with Crippen LogP contribution >= 0.6 is 0 Å². The normalized spacial score (nSPS) is 12.9. The number of rotatable bonds is 5. The second kappa shape index (κ2) is 16.1. The highest BCUT2D eigenvalue weighted by atomic mass is 14.9. The van der Waals surface area contributed by atoms with Gasteiger partial charge in [-0.3, -0.25) is 4.98 Å². The summed E-state index contributed by atoms with van der Waals surface area (Å²) >= 11 is 0. The molecule has 14 aromatic rings. The molecule has 4 heteroatoms. The molecule has 0 bridgehead atoms. The number of aromatic nitrogens is 4. The Morgan fingerprint density at radius 2 is 0.747 bits per heavy atom. The average Bonchev–Trinajstić information content (AvgIpc) is 3.99. The van der Waals surface area contributed by atoms with Crippen LogP contribution in [-0.2, 0) is 5.41 Å². The number of benzene rings is 12. The lowest BCUT2D eigenvalue weighted by atomic mass is 9.70. The largest absolute Gasteiger partial charge is 0.252 e. The second-order valence-corrected chi connectivity index (χ2v) is 20.0. The Hall–Kier alpha value is -9.90. The molecule has 2 aliphatic rings. The molecule has 4 nitrogen and oxygen atoms in total. The molecule has 0 aliphatic heterocycles. The highest BCUT2D eigenvalue weighted by molar-refractivity contribution is 6.23. The van der Waals surface area contributed by atoms with E-state index in [9.17, 15) is 0 Å². The van der Waals surface area contributed by atoms with Crippen LogP contribution in [0.25, 0.3) is 133 Å². The summed E-state index contributed by atoms with van der Waals surface area (Å²) in [6.45, 7) is 0. The molecule has 0 radical (unpaired) electrons. The lowest BCUT2D eigenvalue weighted by Crippen LogP contribution is -2.25. The molecule has 0 fully saturated rings. The minimum absolute atomic E-state index is 0.432. The predicted octanol–water partition coefficient (Wildman–Crippen LogP) is 17.7. The van der Waals surface area contributed by atoms with E-state index in [4.69, 9.17) is 19.9 Å². The summed E-state index contributed by atoms with van der Waals surface area (Å²) in [4.78, 5) is 21.9. The van der Waals surface area contributed by atoms with Gasteiger partial charge >= 0.3 is 0 Å². The molecule has 75 heavy (non-hydrogen) atoms. The molecule has 2 heterocycles. The van der Waals surface area contributed by atoms with Gasteiger partial charge in [0.25, 0.3) is 0 Å². The van der Waals surface area contributed by atoms with Crippen LogP contribution < -0.4 is 0 Å². The van der Waals surface area contributed by atoms with Crippen molar-refractivity contribution in [1.29, 1.82) is 0 Å². The van der Waals surface area contributed by atoms with Crippen molar-refractivity contribution in [3.05, 3.63) is 277 Å². The number of fused-ring (bicyclic) bond motifs is 19. The SMILES string of the molecule is c1ccc(-c2cc(-c3ccc4c(c3)-c3ccccc3C43c4ccccc4-c4ccccc43)nc(-c3cc(-c4cnc5c6ccccc6c6ccccc6c5n4)cc(-c4cc5ccccc5c5ccccc45)c3)n2)cc1. The minimum atomic E-state index is -0.432. The van der Waals surface area contributed by atoms with Crippen LogP contribution in [0.3, 0.4) is 0 Å². The van der Waals surface area contributed by atoms with Crippen LogP contribution in [0.15, 0.2) is 255 Å². The summed E-state index contributed by atoms with van der Waals surface area (Å²) in [7, 11) is 0. The highest BCUT2D eigenvalue weighted by Gasteiger charge is 2.51. The van der Waals surface area contributed by atoms with Crippen molar-refractivity contribution in [2.45, 2.75) is 5.41 Å². The molecule has 0 amide bonds. The van der Waals surface area contributed by atoms with Gasteiger partial charge in [-0.25, -0.2) is 15.0 Å². The lowest BCUT2D eigenvalue weighted by Gasteiger charge is -2.30. The third-order valence-corrected chi connectivity index (χ3v) is 16.1. The van der Waals surface area contributed by atoms with Crippen LogP contribution in [0.5, 0.6) is 0 Å². The van der Waals surface area contributed by atoms with E-state index < -0.39 is 5.41 Å². The van der Waals surface area contributed by atoms with E-state index in [0.29, 0.717) is 5.82 Å². The third kappa shape index (κ3) is 6.11. The monoisotopic (exact) mass is 950 g/mol. The van der Waals surface area contributed by atoms with E-state index in [1.54, 1.807) is 0 Å². The average molecular weight is 951 g/mol. The molecular weight excluding hydrogens is 909 g/mol. The molecule has 0 N–H and O–H groups in total. The van der Waals surface area contributed by atoms with Crippen LogP contribution in [0.1, 0.15) is 22.3 Å². The van der Waals surface area contributed by atoms with E-state index in [1.807, 2.05) is 6.20 Å². The topological polar surface area (TPSA) is 51.6 Å². The van der Waals surface area contributed by atoms with Gasteiger partial charge in [0.15, 0.2) is 5.82 Å². The van der Waals surface area contributed by atoms with Crippen molar-refractivity contribution < 1.29 is 0 Å². The standard InChI is InChI=1S/C71H42N4/c1-2-18-43(19-3-1)65-41-66(45-34-35-64-60(40-45)56-28-14-17-33-63(56)71(64)61-31-15-12-26-54(61)55-27-13-16-32-62(55)71)75-70(74-65)48-37-46(59-39-44-20-4-5-21-49(44)50-22-6-7-25-53(50)59)36-47(38-48)67-42-72-68-57-29-10-8-23-51(57)52-24-9-11-30-58(52)69(68)73-67/h1-42H. The number of hydrogen-bond acceptors (Lipinski definition) is 4. The Kier molecular flexibility index (Phi) is 8.92. The molecular formula is C71H42N4. The van der Waals surface area contributed by atoms with Crippen LogP contribution in [0, 0.1) is 0 Å². The number of hydrogen-bond donors (Lipinski definition) is 0. The lowest BCUT2D eigenvalue weighted by molar-refractivity contribution is 0.794. The van der Waals surface area contributed by atoms with E-state index >= 15 is 0 Å². The first-order chi connectivity index (χ1) is 37.2. The van der Waals surface area contributed by atoms with Gasteiger partial charge in [-0.2, -0.15) is 0 Å². The van der Waals surface area contributed by atoms with Crippen LogP contribution in [0.4, 0.5) is 0 Å². The van der Waals surface area contributed by atoms with Crippen molar-refractivity contribution in [2.75, 3.05) is 0 Å². The van der Waals surface area contributed by atoms with E-state index in [2.05, 4.69) is 249 Å². The van der Waals surface area contributed by atoms with E-state index in [1.165, 1.54) is 71.4 Å². The molecule has 0 saturated heterocycles. The summed E-state index contributed by atoms with van der Waals surface area (Å²) in [6, 6.07) is 90.1. The number of nitrogens with zero attached hydrogens (tertiary/aromatic N) is 4. The smallest absolute Gasteiger partial charge is 0.160 e. The molecule has 16 rings (SSSR count). The maximum Gasteiger partial charge on any atom is 0.160 e. The quantitative estimate of drug-likeness (QED) is 0.161. The first-order valence-corrected chi connectivity index (χ1v) is 25.7. The van der Waals surface area contributed by atoms with Crippen molar-refractivity contribution in [1.82, 2.24) is 19.9 Å². The van der Waals surface area contributed by atoms with Crippen molar-refractivity contribution in [3.63, 3.8) is 0 Å². The summed E-state index contributed by atoms with van der Waals surface area (Å²) in [5.74, 6) is 0.626. The Morgan fingerprint density at radius 1 is 0.253 bits per heavy atom. The fraction of sp³-hybridized carbons (Fsp3) is 0.0141. The van der Waals surface area contributed by atoms with Gasteiger partial charge in [-0.1, -0.05) is 212 Å². The Bertz CT molecular complexity index is 4650. The van der Waals surface area contributed by atoms with E-state index in [0.717, 1.165) is 77.7 Å². The third-order valence-electron chi connectivity index (χ3n) is 16.1. The summed E-state index contributed by atoms with van der Waals surface area (Å²) in [6.07, 6.45) is 1.94. The molecule has 0 atom stereocenters. The Balaban J connectivity index is 0.938. The maximum absolute atomic E-state index is 5.60. The zero-order chi connectivity index (χ0) is 49.2. The zero-order valence-corrected chi connectivity index (χ0v) is 40.5. The Labute approximate surface area is 433 Å². The highest BCUT2D eigenvalue weighted by Crippen LogP contribution is 2.63. The first-order valence-electron chi connectivity index (χ1n) is 25.7. The molecule has 0 unspecified atom stereocenters. The van der Waals surface area contributed by atoms with Crippen LogP contribution in [0.2, 0.25) is 0 Å². The van der Waals surface area contributed by atoms with Gasteiger partial charge < -0.3 is 0 Å². The van der Waals surface area contributed by atoms with Gasteiger partial charge in [0.05, 0.1) is 39.7 Å². The molecule has 12 aromatic carbocycles. The summed E-state index contributed by atoms with van der Waals surface area (Å²) in [5, 5.41) is 9.26. The zero-order valence-electron chi connectivity index (χ0n) is 40.5. The van der Waals surface area contributed by atoms with Gasteiger partial charge in [0, 0.05) is 33.0 Å². The molecule has 0 saturated carbocycles. The van der Waals surface area contributed by atoms with Crippen LogP contribution in [-0.4, -0.2) is 19.9 Å². The Morgan fingerprint density at radius 3 is 1.43 bits per heavy atom. The van der Waals surface area contributed by atoms with Crippen molar-refractivity contribution in [2.24, 2.45) is 0 Å². The van der Waals surface area contributed by atoms with Crippen molar-refractivity contribution >= 4 is 54.1 Å². The van der Waals surface area contributed by atoms with Gasteiger partial charge in [0.1, 0.15) is 0 Å². The molecule has 1 spiro atoms. The molecule has 2 aliphatic carbocycles. The van der Waals surface area contributed by atoms with Gasteiger partial charge in [-0.15, -0.1) is 0 Å². The second-order valence-electron chi connectivity index (χ2n) is 20.0. The van der Waals surface area contributed by atoms with Gasteiger partial charge in [0.2, 0.25) is 0 Å². The fourth-order valence-electron chi connectivity index (χ4n) is 12.9. The molecule has 2 aromatic heterocycles. The van der Waals surface area contributed by atoms with Crippen molar-refractivity contribution in [3.8, 4) is 78.5 Å². The molecule has 346 valence electrons. The fourth-order valence-corrected chi connectivity index (χ4v) is 12.9. The summed E-state index contributed by atoms with van der Waals surface area (Å²) in [5.41, 5.74) is 20.1. The maximum atomic E-state index is 5.60. The summed E-state index contributed by atoms with van der Waals surface area (Å²) < 4.78 is 0. The first kappa shape index (κ1) is 41.7. The van der Waals surface area contributed by atoms with E-state index in [-0.39, 0.29) is 0 Å². The van der Waals surface area contributed by atoms with Gasteiger partial charge in [-0.05, 0) is 124 Å². The minimum Gasteiger partial charge on any atom is -0.252 e. The predicted molar refractivity (Wildman–Crippen MR) is 309 cm³/mol.